The van der Waals surface area contributed by atoms with Crippen molar-refractivity contribution in [2.75, 3.05) is 39.4 Å². The van der Waals surface area contributed by atoms with E-state index < -0.39 is 0 Å². The molecule has 3 amide bonds. The molecule has 0 saturated carbocycles. The summed E-state index contributed by atoms with van der Waals surface area (Å²) in [6.45, 7) is 8.30. The zero-order valence-electron chi connectivity index (χ0n) is 21.8. The van der Waals surface area contributed by atoms with Crippen LogP contribution in [0.5, 0.6) is 0 Å². The van der Waals surface area contributed by atoms with Crippen LogP contribution in [0.15, 0.2) is 22.9 Å². The number of ether oxygens (including phenoxy) is 2. The Bertz CT molecular complexity index is 1050. The van der Waals surface area contributed by atoms with Gasteiger partial charge in [-0.15, -0.1) is 0 Å². The van der Waals surface area contributed by atoms with Gasteiger partial charge in [0.1, 0.15) is 10.3 Å². The number of hydrogen-bond donors (Lipinski definition) is 2. The number of carbonyl (C=O) groups is 2. The van der Waals surface area contributed by atoms with Crippen LogP contribution in [0.4, 0.5) is 4.79 Å². The van der Waals surface area contributed by atoms with Gasteiger partial charge < -0.3 is 29.9 Å². The highest BCUT2D eigenvalue weighted by Gasteiger charge is 2.30. The molecule has 2 fully saturated rings. The summed E-state index contributed by atoms with van der Waals surface area (Å²) < 4.78 is 10.9. The first-order chi connectivity index (χ1) is 18.3. The fourth-order valence-corrected chi connectivity index (χ4v) is 6.19. The number of piperidine rings is 1. The molecule has 12 heteroatoms. The molecule has 0 radical (unpaired) electrons. The number of amides is 3. The minimum Gasteiger partial charge on any atom is -0.352 e. The predicted molar refractivity (Wildman–Crippen MR) is 149 cm³/mol. The molecule has 208 valence electrons. The highest BCUT2D eigenvalue weighted by atomic mass is 35.5. The number of nitrogens with zero attached hydrogens (tertiary/aromatic N) is 3. The van der Waals surface area contributed by atoms with Gasteiger partial charge in [0.25, 0.3) is 5.91 Å². The van der Waals surface area contributed by atoms with E-state index in [1.165, 1.54) is 0 Å². The second kappa shape index (κ2) is 13.9. The number of aromatic nitrogens is 1. The van der Waals surface area contributed by atoms with Crippen LogP contribution in [0.1, 0.15) is 47.7 Å². The van der Waals surface area contributed by atoms with E-state index in [1.54, 1.807) is 24.3 Å². The zero-order chi connectivity index (χ0) is 27.1. The fourth-order valence-electron chi connectivity index (χ4n) is 4.92. The van der Waals surface area contributed by atoms with Crippen molar-refractivity contribution in [1.29, 1.82) is 0 Å². The van der Waals surface area contributed by atoms with Gasteiger partial charge in [-0.25, -0.2) is 9.78 Å². The fraction of sp³-hybridized carbons (Fsp3) is 0.577. The highest BCUT2D eigenvalue weighted by Crippen LogP contribution is 2.23. The predicted octanol–water partition coefficient (Wildman–Crippen LogP) is 4.32. The Labute approximate surface area is 237 Å². The lowest BCUT2D eigenvalue weighted by Gasteiger charge is -2.40. The second-order valence-corrected chi connectivity index (χ2v) is 11.2. The molecule has 0 unspecified atom stereocenters. The van der Waals surface area contributed by atoms with Crippen molar-refractivity contribution < 1.29 is 19.1 Å². The molecule has 4 heterocycles. The maximum absolute atomic E-state index is 13.2. The Morgan fingerprint density at radius 2 is 1.97 bits per heavy atom. The number of rotatable bonds is 10. The molecular weight excluding hydrogens is 549 g/mol. The van der Waals surface area contributed by atoms with Crippen LogP contribution in [-0.2, 0) is 16.0 Å². The molecule has 0 bridgehead atoms. The zero-order valence-corrected chi connectivity index (χ0v) is 24.1. The molecule has 4 rings (SSSR count). The van der Waals surface area contributed by atoms with Gasteiger partial charge in [0.05, 0.1) is 25.3 Å². The third-order valence-electron chi connectivity index (χ3n) is 7.08. The monoisotopic (exact) mass is 583 g/mol. The Morgan fingerprint density at radius 1 is 1.24 bits per heavy atom. The van der Waals surface area contributed by atoms with Gasteiger partial charge >= 0.3 is 6.03 Å². The van der Waals surface area contributed by atoms with Crippen LogP contribution in [-0.4, -0.2) is 84.5 Å². The van der Waals surface area contributed by atoms with Crippen molar-refractivity contribution in [2.45, 2.75) is 58.0 Å². The first-order valence-electron chi connectivity index (χ1n) is 13.0. The first kappa shape index (κ1) is 29.0. The number of urea groups is 1. The number of nitrogens with one attached hydrogen (secondary N) is 2. The van der Waals surface area contributed by atoms with E-state index in [4.69, 9.17) is 32.7 Å². The van der Waals surface area contributed by atoms with Crippen LogP contribution >= 0.6 is 34.5 Å². The molecule has 2 aromatic heterocycles. The van der Waals surface area contributed by atoms with Crippen molar-refractivity contribution in [3.8, 4) is 0 Å². The Hall–Kier alpha value is -1.95. The molecule has 9 nitrogen and oxygen atoms in total. The second-order valence-electron chi connectivity index (χ2n) is 9.71. The lowest BCUT2D eigenvalue weighted by Crippen LogP contribution is -2.52. The molecule has 2 aliphatic heterocycles. The molecule has 38 heavy (non-hydrogen) atoms. The maximum Gasteiger partial charge on any atom is 0.318 e. The van der Waals surface area contributed by atoms with E-state index in [1.807, 2.05) is 10.3 Å². The van der Waals surface area contributed by atoms with E-state index in [-0.39, 0.29) is 40.6 Å². The van der Waals surface area contributed by atoms with Crippen LogP contribution in [0, 0.1) is 6.92 Å². The van der Waals surface area contributed by atoms with E-state index in [0.29, 0.717) is 44.0 Å². The van der Waals surface area contributed by atoms with Crippen LogP contribution in [0.2, 0.25) is 10.3 Å². The summed E-state index contributed by atoms with van der Waals surface area (Å²) in [5.41, 5.74) is 2.19. The smallest absolute Gasteiger partial charge is 0.318 e. The molecule has 2 N–H and O–H groups in total. The number of pyridine rings is 1. The van der Waals surface area contributed by atoms with Gasteiger partial charge in [0.15, 0.2) is 6.29 Å². The summed E-state index contributed by atoms with van der Waals surface area (Å²) >= 11 is 13.7. The van der Waals surface area contributed by atoms with Crippen molar-refractivity contribution in [2.24, 2.45) is 0 Å². The minimum absolute atomic E-state index is 0.0878. The van der Waals surface area contributed by atoms with Gasteiger partial charge in [0.2, 0.25) is 0 Å². The number of carbonyl (C=O) groups excluding carboxylic acids is 2. The van der Waals surface area contributed by atoms with Gasteiger partial charge in [-0.1, -0.05) is 23.2 Å². The Balaban J connectivity index is 1.25. The van der Waals surface area contributed by atoms with Crippen LogP contribution < -0.4 is 10.6 Å². The van der Waals surface area contributed by atoms with Gasteiger partial charge in [-0.05, 0) is 67.1 Å². The van der Waals surface area contributed by atoms with E-state index in [2.05, 4.69) is 38.9 Å². The lowest BCUT2D eigenvalue weighted by molar-refractivity contribution is -0.0381. The molecular formula is C26H35Cl2N5O4S. The molecule has 0 aromatic carbocycles. The van der Waals surface area contributed by atoms with Crippen molar-refractivity contribution in [1.82, 2.24) is 25.4 Å². The molecule has 2 aromatic rings. The lowest BCUT2D eigenvalue weighted by atomic mass is 10.0. The summed E-state index contributed by atoms with van der Waals surface area (Å²) in [5, 5.41) is 10.5. The highest BCUT2D eigenvalue weighted by molar-refractivity contribution is 7.07. The molecule has 2 saturated heterocycles. The summed E-state index contributed by atoms with van der Waals surface area (Å²) in [5.74, 6) is -0.244. The number of hydrogen-bond acceptors (Lipinski definition) is 7. The number of halogens is 2. The van der Waals surface area contributed by atoms with Gasteiger partial charge in [-0.2, -0.15) is 11.3 Å². The topological polar surface area (TPSA) is 96.0 Å². The maximum atomic E-state index is 13.2. The van der Waals surface area contributed by atoms with E-state index in [0.717, 1.165) is 37.9 Å². The molecule has 2 aliphatic rings. The quantitative estimate of drug-likeness (QED) is 0.404. The summed E-state index contributed by atoms with van der Waals surface area (Å²) in [6, 6.07) is 4.04. The average Bonchev–Trinajstić information content (AvgIpc) is 3.60. The first-order valence-corrected chi connectivity index (χ1v) is 14.7. The Kier molecular flexibility index (Phi) is 10.6. The van der Waals surface area contributed by atoms with E-state index >= 15 is 0 Å². The van der Waals surface area contributed by atoms with Crippen LogP contribution in [0.3, 0.4) is 0 Å². The summed E-state index contributed by atoms with van der Waals surface area (Å²) in [6.07, 6.45) is 2.20. The number of likely N-dealkylation sites (tertiary alicyclic amines) is 1. The third-order valence-corrected chi connectivity index (χ3v) is 8.28. The summed E-state index contributed by atoms with van der Waals surface area (Å²) in [4.78, 5) is 34.2. The van der Waals surface area contributed by atoms with Crippen LogP contribution in [0.25, 0.3) is 0 Å². The molecule has 1 atom stereocenters. The third kappa shape index (κ3) is 7.80. The van der Waals surface area contributed by atoms with Crippen molar-refractivity contribution in [3.05, 3.63) is 49.9 Å². The SMILES string of the molecule is Cc1cc(Cl)nc(Cl)c1C(=O)NCC[C@@H](C)N1CCC(N(Cc2ccsc2)C(=O)NCC2OCCO2)CC1. The largest absolute Gasteiger partial charge is 0.352 e. The van der Waals surface area contributed by atoms with Gasteiger partial charge in [0, 0.05) is 38.3 Å². The number of aryl methyl sites for hydroxylation is 1. The Morgan fingerprint density at radius 3 is 2.63 bits per heavy atom. The van der Waals surface area contributed by atoms with Crippen molar-refractivity contribution in [3.63, 3.8) is 0 Å². The number of thiophene rings is 1. The average molecular weight is 585 g/mol. The van der Waals surface area contributed by atoms with E-state index in [9.17, 15) is 9.59 Å². The molecule has 0 aliphatic carbocycles. The standard InChI is InChI=1S/C26H35Cl2N5O4S/c1-17-13-21(27)31-24(28)23(17)25(34)29-7-3-18(2)32-8-4-20(5-9-32)33(15-19-6-12-38-16-19)26(35)30-14-22-36-10-11-37-22/h6,12-13,16,18,20,22H,3-5,7-11,14-15H2,1-2H3,(H,29,34)(H,30,35)/t18-/m1/s1. The molecule has 0 spiro atoms. The minimum atomic E-state index is -0.374. The summed E-state index contributed by atoms with van der Waals surface area (Å²) in [7, 11) is 0. The normalized spacial score (nSPS) is 17.9. The van der Waals surface area contributed by atoms with Crippen molar-refractivity contribution >= 4 is 46.5 Å². The van der Waals surface area contributed by atoms with Gasteiger partial charge in [-0.3, -0.25) is 4.79 Å².